The van der Waals surface area contributed by atoms with E-state index >= 15 is 0 Å². The summed E-state index contributed by atoms with van der Waals surface area (Å²) in [6, 6.07) is 0. The van der Waals surface area contributed by atoms with Gasteiger partial charge in [0.15, 0.2) is 0 Å². The van der Waals surface area contributed by atoms with Crippen molar-refractivity contribution in [2.75, 3.05) is 19.7 Å². The van der Waals surface area contributed by atoms with Gasteiger partial charge in [-0.05, 0) is 38.5 Å². The Morgan fingerprint density at radius 1 is 1.33 bits per heavy atom. The first kappa shape index (κ1) is 13.8. The van der Waals surface area contributed by atoms with Crippen molar-refractivity contribution in [3.63, 3.8) is 0 Å². The summed E-state index contributed by atoms with van der Waals surface area (Å²) in [7, 11) is 0. The largest absolute Gasteiger partial charge is 0.396 e. The molecule has 0 aromatic rings. The summed E-state index contributed by atoms with van der Waals surface area (Å²) in [5.41, 5.74) is 0. The van der Waals surface area contributed by atoms with Crippen LogP contribution in [0.2, 0.25) is 0 Å². The summed E-state index contributed by atoms with van der Waals surface area (Å²) < 4.78 is 5.75. The van der Waals surface area contributed by atoms with E-state index < -0.39 is 0 Å². The molecule has 0 aromatic carbocycles. The fourth-order valence-corrected chi connectivity index (χ4v) is 3.35. The van der Waals surface area contributed by atoms with Crippen LogP contribution in [0, 0.1) is 17.8 Å². The molecule has 1 N–H and O–H groups in total. The van der Waals surface area contributed by atoms with Gasteiger partial charge in [-0.3, -0.25) is 4.79 Å². The second kappa shape index (κ2) is 5.57. The number of hydrogen-bond donors (Lipinski definition) is 1. The standard InChI is InChI=1S/C14H25NO3/c1-9-10(2)18-11(3)13(9)14(17)15-6-4-12(8-15)5-7-16/h9-13,16H,4-8H2,1-3H3. The molecule has 5 atom stereocenters. The predicted molar refractivity (Wildman–Crippen MR) is 69.1 cm³/mol. The molecular formula is C14H25NO3. The minimum Gasteiger partial charge on any atom is -0.396 e. The second-order valence-corrected chi connectivity index (χ2v) is 5.88. The number of carbonyl (C=O) groups is 1. The van der Waals surface area contributed by atoms with Gasteiger partial charge in [0.25, 0.3) is 0 Å². The first-order valence-corrected chi connectivity index (χ1v) is 7.09. The Labute approximate surface area is 109 Å². The Balaban J connectivity index is 1.96. The highest BCUT2D eigenvalue weighted by Crippen LogP contribution is 2.34. The highest BCUT2D eigenvalue weighted by atomic mass is 16.5. The topological polar surface area (TPSA) is 49.8 Å². The Kier molecular flexibility index (Phi) is 4.28. The Morgan fingerprint density at radius 2 is 2.06 bits per heavy atom. The number of aliphatic hydroxyl groups is 1. The van der Waals surface area contributed by atoms with Crippen molar-refractivity contribution < 1.29 is 14.6 Å². The lowest BCUT2D eigenvalue weighted by atomic mass is 9.88. The summed E-state index contributed by atoms with van der Waals surface area (Å²) in [5, 5.41) is 8.96. The lowest BCUT2D eigenvalue weighted by Crippen LogP contribution is -2.39. The molecule has 0 aliphatic carbocycles. The molecule has 4 heteroatoms. The summed E-state index contributed by atoms with van der Waals surface area (Å²) in [6.07, 6.45) is 2.04. The lowest BCUT2D eigenvalue weighted by molar-refractivity contribution is -0.137. The van der Waals surface area contributed by atoms with E-state index in [1.165, 1.54) is 0 Å². The van der Waals surface area contributed by atoms with Crippen molar-refractivity contribution >= 4 is 5.91 Å². The lowest BCUT2D eigenvalue weighted by Gasteiger charge is -2.24. The van der Waals surface area contributed by atoms with Gasteiger partial charge in [-0.2, -0.15) is 0 Å². The van der Waals surface area contributed by atoms with Crippen LogP contribution < -0.4 is 0 Å². The number of ether oxygens (including phenoxy) is 1. The van der Waals surface area contributed by atoms with E-state index in [0.717, 1.165) is 25.9 Å². The maximum Gasteiger partial charge on any atom is 0.228 e. The predicted octanol–water partition coefficient (Wildman–Crippen LogP) is 1.28. The van der Waals surface area contributed by atoms with Crippen LogP contribution in [0.5, 0.6) is 0 Å². The van der Waals surface area contributed by atoms with Crippen LogP contribution in [0.15, 0.2) is 0 Å². The van der Waals surface area contributed by atoms with Crippen LogP contribution in [0.25, 0.3) is 0 Å². The van der Waals surface area contributed by atoms with Gasteiger partial charge >= 0.3 is 0 Å². The molecule has 0 saturated carbocycles. The smallest absolute Gasteiger partial charge is 0.228 e. The van der Waals surface area contributed by atoms with E-state index in [9.17, 15) is 4.79 Å². The summed E-state index contributed by atoms with van der Waals surface area (Å²) in [6.45, 7) is 8.04. The maximum absolute atomic E-state index is 12.5. The fraction of sp³-hybridized carbons (Fsp3) is 0.929. The molecule has 1 amide bonds. The second-order valence-electron chi connectivity index (χ2n) is 5.88. The zero-order valence-corrected chi connectivity index (χ0v) is 11.6. The zero-order valence-electron chi connectivity index (χ0n) is 11.6. The van der Waals surface area contributed by atoms with E-state index in [4.69, 9.17) is 9.84 Å². The molecule has 0 spiro atoms. The van der Waals surface area contributed by atoms with Crippen molar-refractivity contribution in [1.82, 2.24) is 4.90 Å². The van der Waals surface area contributed by atoms with Crippen molar-refractivity contribution in [3.8, 4) is 0 Å². The third-order valence-electron chi connectivity index (χ3n) is 4.66. The SMILES string of the molecule is CC1OC(C)C(C(=O)N2CCC(CCO)C2)C1C. The van der Waals surface area contributed by atoms with Crippen LogP contribution in [0.1, 0.15) is 33.6 Å². The van der Waals surface area contributed by atoms with Gasteiger partial charge in [0.2, 0.25) is 5.91 Å². The van der Waals surface area contributed by atoms with Crippen LogP contribution in [-0.4, -0.2) is 47.8 Å². The minimum absolute atomic E-state index is 0.00729. The van der Waals surface area contributed by atoms with Gasteiger partial charge in [-0.25, -0.2) is 0 Å². The average molecular weight is 255 g/mol. The maximum atomic E-state index is 12.5. The molecular weight excluding hydrogens is 230 g/mol. The molecule has 2 aliphatic rings. The molecule has 0 bridgehead atoms. The Hall–Kier alpha value is -0.610. The van der Waals surface area contributed by atoms with E-state index in [1.54, 1.807) is 0 Å². The quantitative estimate of drug-likeness (QED) is 0.826. The molecule has 2 aliphatic heterocycles. The first-order valence-electron chi connectivity index (χ1n) is 7.09. The number of likely N-dealkylation sites (tertiary alicyclic amines) is 1. The van der Waals surface area contributed by atoms with Gasteiger partial charge in [0, 0.05) is 19.7 Å². The Bertz CT molecular complexity index is 307. The molecule has 0 aromatic heterocycles. The number of nitrogens with zero attached hydrogens (tertiary/aromatic N) is 1. The third kappa shape index (κ3) is 2.54. The van der Waals surface area contributed by atoms with Crippen LogP contribution >= 0.6 is 0 Å². The molecule has 2 rings (SSSR count). The molecule has 4 nitrogen and oxygen atoms in total. The third-order valence-corrected chi connectivity index (χ3v) is 4.66. The first-order chi connectivity index (χ1) is 8.54. The Morgan fingerprint density at radius 3 is 2.61 bits per heavy atom. The number of rotatable bonds is 3. The van der Waals surface area contributed by atoms with Crippen LogP contribution in [0.4, 0.5) is 0 Å². The van der Waals surface area contributed by atoms with Crippen LogP contribution in [-0.2, 0) is 9.53 Å². The van der Waals surface area contributed by atoms with E-state index in [1.807, 2.05) is 18.7 Å². The van der Waals surface area contributed by atoms with Crippen molar-refractivity contribution in [1.29, 1.82) is 0 Å². The van der Waals surface area contributed by atoms with Crippen molar-refractivity contribution in [3.05, 3.63) is 0 Å². The average Bonchev–Trinajstić information content (AvgIpc) is 2.86. The monoisotopic (exact) mass is 255 g/mol. The highest BCUT2D eigenvalue weighted by Gasteiger charge is 2.44. The summed E-state index contributed by atoms with van der Waals surface area (Å²) in [4.78, 5) is 14.5. The van der Waals surface area contributed by atoms with E-state index in [0.29, 0.717) is 11.8 Å². The number of aliphatic hydroxyl groups excluding tert-OH is 1. The van der Waals surface area contributed by atoms with Gasteiger partial charge in [-0.1, -0.05) is 6.92 Å². The van der Waals surface area contributed by atoms with Gasteiger partial charge in [0.1, 0.15) is 0 Å². The molecule has 5 unspecified atom stereocenters. The van der Waals surface area contributed by atoms with Crippen molar-refractivity contribution in [2.45, 2.75) is 45.8 Å². The number of amides is 1. The molecule has 0 radical (unpaired) electrons. The molecule has 2 heterocycles. The highest BCUT2D eigenvalue weighted by molar-refractivity contribution is 5.80. The molecule has 104 valence electrons. The van der Waals surface area contributed by atoms with Crippen LogP contribution in [0.3, 0.4) is 0 Å². The number of carbonyl (C=O) groups excluding carboxylic acids is 1. The molecule has 18 heavy (non-hydrogen) atoms. The normalized spacial score (nSPS) is 40.4. The minimum atomic E-state index is 0.00729. The van der Waals surface area contributed by atoms with Gasteiger partial charge in [-0.15, -0.1) is 0 Å². The number of hydrogen-bond acceptors (Lipinski definition) is 3. The van der Waals surface area contributed by atoms with E-state index in [-0.39, 0.29) is 30.6 Å². The molecule has 2 saturated heterocycles. The van der Waals surface area contributed by atoms with Gasteiger partial charge in [0.05, 0.1) is 18.1 Å². The van der Waals surface area contributed by atoms with Crippen molar-refractivity contribution in [2.24, 2.45) is 17.8 Å². The molecule has 2 fully saturated rings. The zero-order chi connectivity index (χ0) is 13.3. The summed E-state index contributed by atoms with van der Waals surface area (Å²) in [5.74, 6) is 1.03. The fourth-order valence-electron chi connectivity index (χ4n) is 3.35. The summed E-state index contributed by atoms with van der Waals surface area (Å²) >= 11 is 0. The van der Waals surface area contributed by atoms with E-state index in [2.05, 4.69) is 6.92 Å². The van der Waals surface area contributed by atoms with Gasteiger partial charge < -0.3 is 14.7 Å².